The molecule has 298 valence electrons. The van der Waals surface area contributed by atoms with Gasteiger partial charge in [-0.2, -0.15) is 0 Å². The molecule has 62 heavy (non-hydrogen) atoms. The second kappa shape index (κ2) is 14.3. The van der Waals surface area contributed by atoms with Crippen LogP contribution in [0.2, 0.25) is 0 Å². The van der Waals surface area contributed by atoms with Gasteiger partial charge in [-0.15, -0.1) is 0 Å². The Labute approximate surface area is 365 Å². The topological polar surface area (TPSA) is 0 Å². The standard InChI is InChI=1S/C62H50/c1-61(2,3)45-19-15-17-41(35-45)57-47-21-7-11-25-51(47)59(52-26-12-8-22-48(52)57)43-33-31-39-29-30-40-32-34-44(38-56(40)55(39)37-43)60-53-27-13-9-23-49(53)58(50-24-10-14-28-54(50)60)42-18-16-20-46(36-42)62(4,5)6/h7-38H,1-6H3. The molecule has 0 fully saturated rings. The number of rotatable bonds is 4. The minimum atomic E-state index is 0.0532. The van der Waals surface area contributed by atoms with Crippen molar-refractivity contribution in [2.75, 3.05) is 0 Å². The summed E-state index contributed by atoms with van der Waals surface area (Å²) in [5, 5.41) is 15.2. The van der Waals surface area contributed by atoms with Gasteiger partial charge in [0, 0.05) is 0 Å². The van der Waals surface area contributed by atoms with Crippen LogP contribution in [-0.2, 0) is 10.8 Å². The van der Waals surface area contributed by atoms with Crippen molar-refractivity contribution in [3.8, 4) is 44.5 Å². The Bertz CT molecular complexity index is 3230. The number of hydrogen-bond donors (Lipinski definition) is 0. The predicted octanol–water partition coefficient (Wildman–Crippen LogP) is 17.9. The molecule has 0 nitrogen and oxygen atoms in total. The fourth-order valence-corrected chi connectivity index (χ4v) is 10.1. The third-order valence-electron chi connectivity index (χ3n) is 13.3. The molecular weight excluding hydrogens is 745 g/mol. The van der Waals surface area contributed by atoms with Gasteiger partial charge in [-0.1, -0.05) is 224 Å². The summed E-state index contributed by atoms with van der Waals surface area (Å²) in [5.74, 6) is 0. The Hall–Kier alpha value is -7.02. The molecule has 0 saturated heterocycles. The maximum Gasteiger partial charge on any atom is -0.00261 e. The first kappa shape index (κ1) is 37.9. The Kier molecular flexibility index (Phi) is 8.74. The van der Waals surface area contributed by atoms with Crippen molar-refractivity contribution in [1.82, 2.24) is 0 Å². The van der Waals surface area contributed by atoms with Crippen molar-refractivity contribution in [3.05, 3.63) is 205 Å². The van der Waals surface area contributed by atoms with Gasteiger partial charge < -0.3 is 0 Å². The van der Waals surface area contributed by atoms with E-state index in [1.54, 1.807) is 0 Å². The van der Waals surface area contributed by atoms with Gasteiger partial charge in [0.25, 0.3) is 0 Å². The summed E-state index contributed by atoms with van der Waals surface area (Å²) in [6.45, 7) is 13.8. The predicted molar refractivity (Wildman–Crippen MR) is 271 cm³/mol. The maximum absolute atomic E-state index is 2.46. The van der Waals surface area contributed by atoms with Crippen molar-refractivity contribution < 1.29 is 0 Å². The zero-order chi connectivity index (χ0) is 42.3. The first-order valence-corrected chi connectivity index (χ1v) is 22.1. The second-order valence-electron chi connectivity index (χ2n) is 19.3. The van der Waals surface area contributed by atoms with Crippen LogP contribution in [-0.4, -0.2) is 0 Å². The molecule has 0 saturated carbocycles. The van der Waals surface area contributed by atoms with Crippen LogP contribution in [0.25, 0.3) is 109 Å². The van der Waals surface area contributed by atoms with Gasteiger partial charge in [-0.3, -0.25) is 0 Å². The molecule has 11 rings (SSSR count). The Balaban J connectivity index is 1.15. The quantitative estimate of drug-likeness (QED) is 0.123. The third kappa shape index (κ3) is 6.20. The summed E-state index contributed by atoms with van der Waals surface area (Å²) in [5.41, 5.74) is 13.0. The first-order chi connectivity index (χ1) is 30.0. The number of benzene rings is 11. The van der Waals surface area contributed by atoms with Crippen molar-refractivity contribution in [2.24, 2.45) is 0 Å². The van der Waals surface area contributed by atoms with Crippen LogP contribution < -0.4 is 0 Å². The van der Waals surface area contributed by atoms with Crippen molar-refractivity contribution >= 4 is 64.6 Å². The summed E-state index contributed by atoms with van der Waals surface area (Å²) in [6, 6.07) is 73.2. The van der Waals surface area contributed by atoms with E-state index in [1.807, 2.05) is 0 Å². The molecule has 0 aliphatic heterocycles. The Morgan fingerprint density at radius 3 is 0.758 bits per heavy atom. The molecule has 0 heterocycles. The number of fused-ring (bicyclic) bond motifs is 7. The van der Waals surface area contributed by atoms with Crippen LogP contribution in [0.15, 0.2) is 194 Å². The van der Waals surface area contributed by atoms with Gasteiger partial charge >= 0.3 is 0 Å². The van der Waals surface area contributed by atoms with Gasteiger partial charge in [0.2, 0.25) is 0 Å². The normalized spacial score (nSPS) is 12.4. The van der Waals surface area contributed by atoms with Crippen LogP contribution in [0.4, 0.5) is 0 Å². The molecule has 0 aliphatic rings. The lowest BCUT2D eigenvalue weighted by molar-refractivity contribution is 0.590. The first-order valence-electron chi connectivity index (χ1n) is 22.1. The van der Waals surface area contributed by atoms with E-state index >= 15 is 0 Å². The minimum absolute atomic E-state index is 0.0532. The smallest absolute Gasteiger partial charge is 0.00261 e. The Morgan fingerprint density at radius 1 is 0.226 bits per heavy atom. The van der Waals surface area contributed by atoms with E-state index in [2.05, 4.69) is 236 Å². The number of hydrogen-bond acceptors (Lipinski definition) is 0. The summed E-state index contributed by atoms with van der Waals surface area (Å²) in [4.78, 5) is 0. The zero-order valence-corrected chi connectivity index (χ0v) is 36.5. The summed E-state index contributed by atoms with van der Waals surface area (Å²) in [6.07, 6.45) is 0. The van der Waals surface area contributed by atoms with Crippen molar-refractivity contribution in [1.29, 1.82) is 0 Å². The summed E-state index contributed by atoms with van der Waals surface area (Å²) >= 11 is 0. The molecule has 0 spiro atoms. The molecule has 0 radical (unpaired) electrons. The molecule has 0 aromatic heterocycles. The highest BCUT2D eigenvalue weighted by Crippen LogP contribution is 2.47. The SMILES string of the molecule is CC(C)(C)c1cccc(-c2c3ccccc3c(-c3ccc4ccc5ccc(-c6c7ccccc7c(-c7cccc(C(C)(C)C)c7)c7ccccc67)cc5c4c3)c3ccccc23)c1. The summed E-state index contributed by atoms with van der Waals surface area (Å²) < 4.78 is 0. The van der Waals surface area contributed by atoms with E-state index in [1.165, 1.54) is 120 Å². The lowest BCUT2D eigenvalue weighted by Crippen LogP contribution is -2.10. The summed E-state index contributed by atoms with van der Waals surface area (Å²) in [7, 11) is 0. The molecule has 0 N–H and O–H groups in total. The fraction of sp³-hybridized carbons (Fsp3) is 0.129. The highest BCUT2D eigenvalue weighted by atomic mass is 14.3. The van der Waals surface area contributed by atoms with Crippen LogP contribution in [0.3, 0.4) is 0 Å². The van der Waals surface area contributed by atoms with Crippen LogP contribution >= 0.6 is 0 Å². The average molecular weight is 795 g/mol. The van der Waals surface area contributed by atoms with E-state index < -0.39 is 0 Å². The molecule has 11 aromatic rings. The molecule has 0 aliphatic carbocycles. The van der Waals surface area contributed by atoms with Gasteiger partial charge in [0.15, 0.2) is 0 Å². The van der Waals surface area contributed by atoms with Crippen molar-refractivity contribution in [3.63, 3.8) is 0 Å². The lowest BCUT2D eigenvalue weighted by atomic mass is 9.82. The highest BCUT2D eigenvalue weighted by molar-refractivity contribution is 6.24. The molecule has 0 heteroatoms. The molecule has 0 atom stereocenters. The molecule has 0 amide bonds. The van der Waals surface area contributed by atoms with E-state index in [9.17, 15) is 0 Å². The Morgan fingerprint density at radius 2 is 0.484 bits per heavy atom. The van der Waals surface area contributed by atoms with Crippen LogP contribution in [0.5, 0.6) is 0 Å². The fourth-order valence-electron chi connectivity index (χ4n) is 10.1. The van der Waals surface area contributed by atoms with Crippen molar-refractivity contribution in [2.45, 2.75) is 52.4 Å². The van der Waals surface area contributed by atoms with E-state index in [-0.39, 0.29) is 10.8 Å². The molecule has 0 unspecified atom stereocenters. The maximum atomic E-state index is 2.46. The van der Waals surface area contributed by atoms with Gasteiger partial charge in [0.05, 0.1) is 0 Å². The van der Waals surface area contributed by atoms with Crippen LogP contribution in [0, 0.1) is 0 Å². The molecule has 11 aromatic carbocycles. The van der Waals surface area contributed by atoms with E-state index in [4.69, 9.17) is 0 Å². The molecule has 0 bridgehead atoms. The molecular formula is C62H50. The van der Waals surface area contributed by atoms with E-state index in [0.29, 0.717) is 0 Å². The zero-order valence-electron chi connectivity index (χ0n) is 36.5. The van der Waals surface area contributed by atoms with Crippen LogP contribution in [0.1, 0.15) is 52.7 Å². The van der Waals surface area contributed by atoms with Gasteiger partial charge in [-0.25, -0.2) is 0 Å². The lowest BCUT2D eigenvalue weighted by Gasteiger charge is -2.22. The largest absolute Gasteiger partial charge is 0.0616 e. The monoisotopic (exact) mass is 794 g/mol. The third-order valence-corrected chi connectivity index (χ3v) is 13.3. The van der Waals surface area contributed by atoms with Gasteiger partial charge in [0.1, 0.15) is 0 Å². The second-order valence-corrected chi connectivity index (χ2v) is 19.3. The highest BCUT2D eigenvalue weighted by Gasteiger charge is 2.22. The van der Waals surface area contributed by atoms with E-state index in [0.717, 1.165) is 0 Å². The average Bonchev–Trinajstić information content (AvgIpc) is 3.29. The van der Waals surface area contributed by atoms with Gasteiger partial charge in [-0.05, 0) is 143 Å². The minimum Gasteiger partial charge on any atom is -0.0616 e.